The highest BCUT2D eigenvalue weighted by atomic mass is 16.2. The van der Waals surface area contributed by atoms with Gasteiger partial charge >= 0.3 is 0 Å². The van der Waals surface area contributed by atoms with Crippen LogP contribution in [-0.2, 0) is 4.79 Å². The molecule has 0 unspecified atom stereocenters. The summed E-state index contributed by atoms with van der Waals surface area (Å²) < 4.78 is 0. The van der Waals surface area contributed by atoms with Gasteiger partial charge in [-0.3, -0.25) is 4.79 Å². The minimum absolute atomic E-state index is 0.0435. The van der Waals surface area contributed by atoms with Gasteiger partial charge in [0, 0.05) is 19.3 Å². The Morgan fingerprint density at radius 1 is 1.53 bits per heavy atom. The first kappa shape index (κ1) is 15.0. The van der Waals surface area contributed by atoms with Crippen LogP contribution in [0.25, 0.3) is 0 Å². The van der Waals surface area contributed by atoms with Crippen LogP contribution in [0.2, 0.25) is 0 Å². The highest BCUT2D eigenvalue weighted by molar-refractivity contribution is 5.80. The van der Waals surface area contributed by atoms with Crippen LogP contribution in [0.1, 0.15) is 25.1 Å². The van der Waals surface area contributed by atoms with E-state index in [1.165, 1.54) is 0 Å². The third-order valence-electron chi connectivity index (χ3n) is 2.55. The van der Waals surface area contributed by atoms with Gasteiger partial charge in [-0.25, -0.2) is 4.98 Å². The number of rotatable bonds is 5. The molecule has 1 heterocycles. The predicted molar refractivity (Wildman–Crippen MR) is 74.8 cm³/mol. The lowest BCUT2D eigenvalue weighted by atomic mass is 10.2. The zero-order valence-electron chi connectivity index (χ0n) is 11.9. The summed E-state index contributed by atoms with van der Waals surface area (Å²) in [5.41, 5.74) is 1.32. The van der Waals surface area contributed by atoms with Crippen molar-refractivity contribution < 1.29 is 4.79 Å². The molecule has 1 N–H and O–H groups in total. The molecule has 19 heavy (non-hydrogen) atoms. The molecule has 0 fully saturated rings. The fraction of sp³-hybridized carbons (Fsp3) is 0.500. The SMILES string of the molecule is Cc1cc(C#N)cc(N(C)CC(=O)NCC(C)C)n1. The van der Waals surface area contributed by atoms with Crippen molar-refractivity contribution in [3.8, 4) is 6.07 Å². The van der Waals surface area contributed by atoms with E-state index in [-0.39, 0.29) is 12.5 Å². The average molecular weight is 260 g/mol. The topological polar surface area (TPSA) is 69.0 Å². The molecule has 1 aromatic rings. The van der Waals surface area contributed by atoms with Crippen molar-refractivity contribution in [1.82, 2.24) is 10.3 Å². The summed E-state index contributed by atoms with van der Waals surface area (Å²) in [5.74, 6) is 1.02. The second-order valence-corrected chi connectivity index (χ2v) is 5.02. The standard InChI is InChI=1S/C14H20N4O/c1-10(2)8-16-14(19)9-18(4)13-6-12(7-15)5-11(3)17-13/h5-6,10H,8-9H2,1-4H3,(H,16,19). The number of amides is 1. The maximum absolute atomic E-state index is 11.7. The molecule has 0 bridgehead atoms. The van der Waals surface area contributed by atoms with Gasteiger partial charge in [0.1, 0.15) is 5.82 Å². The number of carbonyl (C=O) groups excluding carboxylic acids is 1. The number of hydrogen-bond acceptors (Lipinski definition) is 4. The van der Waals surface area contributed by atoms with Crippen molar-refractivity contribution in [3.05, 3.63) is 23.4 Å². The van der Waals surface area contributed by atoms with Crippen molar-refractivity contribution in [2.75, 3.05) is 25.0 Å². The summed E-state index contributed by atoms with van der Waals surface area (Å²) in [6, 6.07) is 5.49. The Hall–Kier alpha value is -2.09. The van der Waals surface area contributed by atoms with E-state index in [0.717, 1.165) is 5.69 Å². The summed E-state index contributed by atoms with van der Waals surface area (Å²) in [5, 5.41) is 11.8. The lowest BCUT2D eigenvalue weighted by molar-refractivity contribution is -0.119. The summed E-state index contributed by atoms with van der Waals surface area (Å²) in [4.78, 5) is 17.8. The third-order valence-corrected chi connectivity index (χ3v) is 2.55. The molecule has 5 heteroatoms. The van der Waals surface area contributed by atoms with Crippen LogP contribution < -0.4 is 10.2 Å². The smallest absolute Gasteiger partial charge is 0.239 e. The highest BCUT2D eigenvalue weighted by Gasteiger charge is 2.10. The summed E-state index contributed by atoms with van der Waals surface area (Å²) >= 11 is 0. The minimum atomic E-state index is -0.0435. The molecule has 5 nitrogen and oxygen atoms in total. The Balaban J connectivity index is 2.68. The summed E-state index contributed by atoms with van der Waals surface area (Å²) in [6.07, 6.45) is 0. The molecule has 102 valence electrons. The van der Waals surface area contributed by atoms with Gasteiger partial charge in [0.25, 0.3) is 0 Å². The van der Waals surface area contributed by atoms with Crippen molar-refractivity contribution in [1.29, 1.82) is 5.26 Å². The largest absolute Gasteiger partial charge is 0.354 e. The monoisotopic (exact) mass is 260 g/mol. The van der Waals surface area contributed by atoms with E-state index in [0.29, 0.717) is 23.8 Å². The van der Waals surface area contributed by atoms with E-state index in [1.54, 1.807) is 24.1 Å². The molecule has 0 aliphatic heterocycles. The number of nitrogens with one attached hydrogen (secondary N) is 1. The van der Waals surface area contributed by atoms with Crippen LogP contribution in [0.4, 0.5) is 5.82 Å². The van der Waals surface area contributed by atoms with Gasteiger partial charge in [0.15, 0.2) is 0 Å². The molecular formula is C14H20N4O. The molecule has 0 spiro atoms. The number of aromatic nitrogens is 1. The molecule has 0 aliphatic carbocycles. The van der Waals surface area contributed by atoms with Crippen molar-refractivity contribution in [2.24, 2.45) is 5.92 Å². The van der Waals surface area contributed by atoms with Crippen LogP contribution in [0, 0.1) is 24.2 Å². The fourth-order valence-electron chi connectivity index (χ4n) is 1.58. The minimum Gasteiger partial charge on any atom is -0.354 e. The predicted octanol–water partition coefficient (Wildman–Crippen LogP) is 1.47. The van der Waals surface area contributed by atoms with E-state index >= 15 is 0 Å². The first-order chi connectivity index (χ1) is 8.92. The number of likely N-dealkylation sites (N-methyl/N-ethyl adjacent to an activating group) is 1. The number of nitrogens with zero attached hydrogens (tertiary/aromatic N) is 3. The van der Waals surface area contributed by atoms with Crippen LogP contribution >= 0.6 is 0 Å². The summed E-state index contributed by atoms with van der Waals surface area (Å²) in [6.45, 7) is 6.82. The number of carbonyl (C=O) groups is 1. The number of pyridine rings is 1. The Labute approximate surface area is 114 Å². The van der Waals surface area contributed by atoms with E-state index in [4.69, 9.17) is 5.26 Å². The normalized spacial score (nSPS) is 10.1. The zero-order valence-corrected chi connectivity index (χ0v) is 11.9. The lowest BCUT2D eigenvalue weighted by Crippen LogP contribution is -2.37. The van der Waals surface area contributed by atoms with Crippen molar-refractivity contribution in [3.63, 3.8) is 0 Å². The molecule has 0 saturated heterocycles. The van der Waals surface area contributed by atoms with Crippen LogP contribution in [0.3, 0.4) is 0 Å². The van der Waals surface area contributed by atoms with Gasteiger partial charge < -0.3 is 10.2 Å². The molecule has 1 amide bonds. The molecular weight excluding hydrogens is 240 g/mol. The van der Waals surface area contributed by atoms with Crippen LogP contribution in [0.15, 0.2) is 12.1 Å². The molecule has 1 rings (SSSR count). The lowest BCUT2D eigenvalue weighted by Gasteiger charge is -2.18. The average Bonchev–Trinajstić information content (AvgIpc) is 2.35. The van der Waals surface area contributed by atoms with Gasteiger partial charge in [-0.2, -0.15) is 5.26 Å². The van der Waals surface area contributed by atoms with Crippen molar-refractivity contribution >= 4 is 11.7 Å². The first-order valence-corrected chi connectivity index (χ1v) is 6.29. The fourth-order valence-corrected chi connectivity index (χ4v) is 1.58. The van der Waals surface area contributed by atoms with Gasteiger partial charge in [0.05, 0.1) is 18.2 Å². The Kier molecular flexibility index (Phi) is 5.31. The van der Waals surface area contributed by atoms with Gasteiger partial charge in [0.2, 0.25) is 5.91 Å². The van der Waals surface area contributed by atoms with E-state index in [9.17, 15) is 4.79 Å². The van der Waals surface area contributed by atoms with Gasteiger partial charge in [-0.15, -0.1) is 0 Å². The molecule has 1 aromatic heterocycles. The second-order valence-electron chi connectivity index (χ2n) is 5.02. The van der Waals surface area contributed by atoms with Crippen LogP contribution in [0.5, 0.6) is 0 Å². The Morgan fingerprint density at radius 2 is 2.21 bits per heavy atom. The Morgan fingerprint density at radius 3 is 2.79 bits per heavy atom. The third kappa shape index (κ3) is 4.96. The van der Waals surface area contributed by atoms with Gasteiger partial charge in [-0.05, 0) is 25.0 Å². The zero-order chi connectivity index (χ0) is 14.4. The maximum atomic E-state index is 11.7. The quantitative estimate of drug-likeness (QED) is 0.870. The van der Waals surface area contributed by atoms with Crippen molar-refractivity contribution in [2.45, 2.75) is 20.8 Å². The molecule has 0 aliphatic rings. The second kappa shape index (κ2) is 6.74. The molecule has 0 aromatic carbocycles. The number of hydrogen-bond donors (Lipinski definition) is 1. The van der Waals surface area contributed by atoms with Gasteiger partial charge in [-0.1, -0.05) is 13.8 Å². The Bertz CT molecular complexity index is 491. The maximum Gasteiger partial charge on any atom is 0.239 e. The van der Waals surface area contributed by atoms with E-state index in [1.807, 2.05) is 20.8 Å². The van der Waals surface area contributed by atoms with E-state index < -0.39 is 0 Å². The summed E-state index contributed by atoms with van der Waals surface area (Å²) in [7, 11) is 1.79. The molecule has 0 atom stereocenters. The number of anilines is 1. The highest BCUT2D eigenvalue weighted by Crippen LogP contribution is 2.12. The molecule has 0 saturated carbocycles. The first-order valence-electron chi connectivity index (χ1n) is 6.29. The van der Waals surface area contributed by atoms with Crippen LogP contribution in [-0.4, -0.2) is 31.0 Å². The number of nitriles is 1. The molecule has 0 radical (unpaired) electrons. The number of aryl methyl sites for hydroxylation is 1. The van der Waals surface area contributed by atoms with E-state index in [2.05, 4.69) is 16.4 Å².